The Morgan fingerprint density at radius 1 is 1.38 bits per heavy atom. The summed E-state index contributed by atoms with van der Waals surface area (Å²) in [5.41, 5.74) is 2.06. The van der Waals surface area contributed by atoms with Crippen molar-refractivity contribution in [3.05, 3.63) is 44.6 Å². The van der Waals surface area contributed by atoms with E-state index in [-0.39, 0.29) is 11.9 Å². The van der Waals surface area contributed by atoms with Gasteiger partial charge in [0.05, 0.1) is 19.3 Å². The molecule has 0 saturated carbocycles. The molecule has 0 aliphatic carbocycles. The molecular weight excluding hydrogens is 392 g/mol. The first kappa shape index (κ1) is 15.9. The first-order valence-electron chi connectivity index (χ1n) is 7.85. The van der Waals surface area contributed by atoms with Crippen LogP contribution in [0.1, 0.15) is 15.2 Å². The Labute approximate surface area is 152 Å². The van der Waals surface area contributed by atoms with E-state index in [1.807, 2.05) is 18.2 Å². The van der Waals surface area contributed by atoms with E-state index in [2.05, 4.69) is 38.3 Å². The first-order valence-corrected chi connectivity index (χ1v) is 9.46. The second-order valence-corrected chi connectivity index (χ2v) is 8.14. The number of carbonyl (C=O) groups is 1. The molecule has 0 unspecified atom stereocenters. The maximum atomic E-state index is 12.2. The average Bonchev–Trinajstić information content (AvgIpc) is 2.85. The van der Waals surface area contributed by atoms with Crippen LogP contribution in [0.3, 0.4) is 0 Å². The quantitative estimate of drug-likeness (QED) is 0.844. The van der Waals surface area contributed by atoms with Crippen molar-refractivity contribution in [1.82, 2.24) is 5.32 Å². The van der Waals surface area contributed by atoms with Gasteiger partial charge in [0.2, 0.25) is 0 Å². The summed E-state index contributed by atoms with van der Waals surface area (Å²) in [5.74, 6) is 0.755. The lowest BCUT2D eigenvalue weighted by Gasteiger charge is -2.36. The first-order chi connectivity index (χ1) is 11.7. The summed E-state index contributed by atoms with van der Waals surface area (Å²) in [6, 6.07) is 10.2. The molecule has 1 N–H and O–H groups in total. The highest BCUT2D eigenvalue weighted by Gasteiger charge is 2.37. The van der Waals surface area contributed by atoms with E-state index in [9.17, 15) is 4.79 Å². The van der Waals surface area contributed by atoms with Gasteiger partial charge in [-0.25, -0.2) is 0 Å². The normalized spacial score (nSPS) is 19.3. The van der Waals surface area contributed by atoms with Crippen molar-refractivity contribution in [2.75, 3.05) is 31.2 Å². The molecular formula is C17H17BrN2O3S. The van der Waals surface area contributed by atoms with Crippen LogP contribution in [0.2, 0.25) is 0 Å². The molecule has 0 spiro atoms. The molecule has 2 aliphatic rings. The number of thiophene rings is 1. The molecule has 2 aromatic rings. The molecule has 0 radical (unpaired) electrons. The topological polar surface area (TPSA) is 50.8 Å². The second-order valence-electron chi connectivity index (χ2n) is 5.80. The summed E-state index contributed by atoms with van der Waals surface area (Å²) in [6.07, 6.45) is 0. The lowest BCUT2D eigenvalue weighted by molar-refractivity contribution is 0.0868. The molecule has 2 aliphatic heterocycles. The minimum atomic E-state index is -0.0288. The van der Waals surface area contributed by atoms with Gasteiger partial charge in [0.25, 0.3) is 5.91 Å². The summed E-state index contributed by atoms with van der Waals surface area (Å²) in [4.78, 5) is 15.2. The molecule has 1 atom stereocenters. The molecule has 7 heteroatoms. The standard InChI is InChI=1S/C17H17BrN2O3S/c18-16-14-13-15(24-16)17(21)19-6-7-20(13)12(10-23-14)9-22-8-11-4-2-1-3-5-11/h1-5,12H,6-10H2,(H,19,21)/t12-/m1/s1. The smallest absolute Gasteiger partial charge is 0.263 e. The molecule has 0 saturated heterocycles. The van der Waals surface area contributed by atoms with Gasteiger partial charge < -0.3 is 19.7 Å². The molecule has 5 nitrogen and oxygen atoms in total. The van der Waals surface area contributed by atoms with Gasteiger partial charge >= 0.3 is 0 Å². The number of rotatable bonds is 4. The Morgan fingerprint density at radius 3 is 3.04 bits per heavy atom. The predicted molar refractivity (Wildman–Crippen MR) is 97.1 cm³/mol. The number of nitrogens with one attached hydrogen (secondary N) is 1. The van der Waals surface area contributed by atoms with Crippen LogP contribution < -0.4 is 15.0 Å². The van der Waals surface area contributed by atoms with Crippen molar-refractivity contribution in [1.29, 1.82) is 0 Å². The number of hydrogen-bond donors (Lipinski definition) is 1. The zero-order valence-electron chi connectivity index (χ0n) is 13.0. The number of halogens is 1. The van der Waals surface area contributed by atoms with Gasteiger partial charge in [0.1, 0.15) is 21.0 Å². The Hall–Kier alpha value is -1.57. The molecule has 1 amide bonds. The maximum absolute atomic E-state index is 12.2. The molecule has 3 heterocycles. The number of amides is 1. The number of hydrogen-bond acceptors (Lipinski definition) is 5. The van der Waals surface area contributed by atoms with Crippen molar-refractivity contribution in [2.45, 2.75) is 12.6 Å². The fourth-order valence-corrected chi connectivity index (χ4v) is 4.75. The van der Waals surface area contributed by atoms with E-state index in [0.717, 1.165) is 27.3 Å². The summed E-state index contributed by atoms with van der Waals surface area (Å²) in [6.45, 7) is 3.10. The van der Waals surface area contributed by atoms with Gasteiger partial charge in [0, 0.05) is 13.1 Å². The van der Waals surface area contributed by atoms with E-state index in [1.54, 1.807) is 0 Å². The van der Waals surface area contributed by atoms with Gasteiger partial charge in [-0.3, -0.25) is 4.79 Å². The van der Waals surface area contributed by atoms with Crippen LogP contribution in [0.15, 0.2) is 34.1 Å². The van der Waals surface area contributed by atoms with Crippen molar-refractivity contribution in [3.63, 3.8) is 0 Å². The van der Waals surface area contributed by atoms with Crippen LogP contribution in [-0.4, -0.2) is 38.3 Å². The lowest BCUT2D eigenvalue weighted by atomic mass is 10.2. The zero-order chi connectivity index (χ0) is 16.5. The number of carbonyl (C=O) groups excluding carboxylic acids is 1. The largest absolute Gasteiger partial charge is 0.487 e. The number of nitrogens with zero attached hydrogens (tertiary/aromatic N) is 1. The number of benzene rings is 1. The summed E-state index contributed by atoms with van der Waals surface area (Å²) >= 11 is 4.94. The highest BCUT2D eigenvalue weighted by atomic mass is 79.9. The fraction of sp³-hybridized carbons (Fsp3) is 0.353. The Balaban J connectivity index is 1.50. The van der Waals surface area contributed by atoms with Crippen LogP contribution in [0.25, 0.3) is 0 Å². The molecule has 0 fully saturated rings. The summed E-state index contributed by atoms with van der Waals surface area (Å²) < 4.78 is 12.7. The highest BCUT2D eigenvalue weighted by molar-refractivity contribution is 9.11. The minimum absolute atomic E-state index is 0.0288. The number of anilines is 1. The van der Waals surface area contributed by atoms with Crippen LogP contribution in [0.5, 0.6) is 5.75 Å². The van der Waals surface area contributed by atoms with Gasteiger partial charge in [-0.15, -0.1) is 11.3 Å². The second kappa shape index (κ2) is 6.74. The average molecular weight is 409 g/mol. The van der Waals surface area contributed by atoms with Crippen molar-refractivity contribution in [3.8, 4) is 5.75 Å². The molecule has 1 aromatic heterocycles. The zero-order valence-corrected chi connectivity index (χ0v) is 15.4. The fourth-order valence-electron chi connectivity index (χ4n) is 3.06. The van der Waals surface area contributed by atoms with Crippen LogP contribution in [0.4, 0.5) is 5.69 Å². The van der Waals surface area contributed by atoms with Crippen LogP contribution >= 0.6 is 27.3 Å². The van der Waals surface area contributed by atoms with E-state index in [4.69, 9.17) is 9.47 Å². The Kier molecular flexibility index (Phi) is 4.47. The van der Waals surface area contributed by atoms with Crippen molar-refractivity contribution < 1.29 is 14.3 Å². The SMILES string of the molecule is O=C1NCCN2c3c1sc(Br)c3OC[C@H]2COCc1ccccc1. The third-order valence-corrected chi connectivity index (χ3v) is 6.01. The van der Waals surface area contributed by atoms with Crippen LogP contribution in [-0.2, 0) is 11.3 Å². The molecule has 24 heavy (non-hydrogen) atoms. The Bertz CT molecular complexity index is 750. The number of ether oxygens (including phenoxy) is 2. The van der Waals surface area contributed by atoms with Gasteiger partial charge in [-0.2, -0.15) is 0 Å². The summed E-state index contributed by atoms with van der Waals surface area (Å²) in [7, 11) is 0. The molecule has 4 rings (SSSR count). The van der Waals surface area contributed by atoms with Crippen molar-refractivity contribution >= 4 is 38.9 Å². The Morgan fingerprint density at radius 2 is 2.21 bits per heavy atom. The monoisotopic (exact) mass is 408 g/mol. The third kappa shape index (κ3) is 2.92. The summed E-state index contributed by atoms with van der Waals surface area (Å²) in [5, 5.41) is 2.95. The van der Waals surface area contributed by atoms with E-state index in [1.165, 1.54) is 11.3 Å². The van der Waals surface area contributed by atoms with E-state index < -0.39 is 0 Å². The van der Waals surface area contributed by atoms with Crippen molar-refractivity contribution in [2.24, 2.45) is 0 Å². The van der Waals surface area contributed by atoms with Gasteiger partial charge in [0.15, 0.2) is 5.75 Å². The van der Waals surface area contributed by atoms with Gasteiger partial charge in [-0.05, 0) is 21.5 Å². The predicted octanol–water partition coefficient (Wildman–Crippen LogP) is 3.04. The van der Waals surface area contributed by atoms with E-state index >= 15 is 0 Å². The molecule has 126 valence electrons. The van der Waals surface area contributed by atoms with E-state index in [0.29, 0.717) is 31.2 Å². The van der Waals surface area contributed by atoms with Gasteiger partial charge in [-0.1, -0.05) is 30.3 Å². The highest BCUT2D eigenvalue weighted by Crippen LogP contribution is 2.49. The third-order valence-electron chi connectivity index (χ3n) is 4.21. The van der Waals surface area contributed by atoms with Crippen LogP contribution in [0, 0.1) is 0 Å². The molecule has 1 aromatic carbocycles. The lowest BCUT2D eigenvalue weighted by Crippen LogP contribution is -2.47. The minimum Gasteiger partial charge on any atom is -0.487 e. The maximum Gasteiger partial charge on any atom is 0.263 e. The molecule has 0 bridgehead atoms.